The van der Waals surface area contributed by atoms with Crippen molar-refractivity contribution in [3.63, 3.8) is 0 Å². The van der Waals surface area contributed by atoms with Crippen LogP contribution in [-0.2, 0) is 4.74 Å². The van der Waals surface area contributed by atoms with Crippen LogP contribution < -0.4 is 5.32 Å². The van der Waals surface area contributed by atoms with Crippen molar-refractivity contribution in [2.75, 3.05) is 19.8 Å². The maximum absolute atomic E-state index is 6.04. The van der Waals surface area contributed by atoms with Gasteiger partial charge in [-0.2, -0.15) is 0 Å². The van der Waals surface area contributed by atoms with Gasteiger partial charge < -0.3 is 14.5 Å². The number of nitrogens with one attached hydrogen (secondary N) is 1. The van der Waals surface area contributed by atoms with Crippen molar-refractivity contribution in [3.05, 3.63) is 23.1 Å². The van der Waals surface area contributed by atoms with Crippen molar-refractivity contribution in [1.29, 1.82) is 0 Å². The summed E-state index contributed by atoms with van der Waals surface area (Å²) < 4.78 is 10.6. The highest BCUT2D eigenvalue weighted by Gasteiger charge is 2.28. The molecule has 90 valence electrons. The van der Waals surface area contributed by atoms with Gasteiger partial charge in [-0.05, 0) is 37.1 Å². The van der Waals surface area contributed by atoms with Crippen molar-refractivity contribution in [2.45, 2.75) is 25.8 Å². The van der Waals surface area contributed by atoms with E-state index in [-0.39, 0.29) is 6.04 Å². The lowest BCUT2D eigenvalue weighted by Gasteiger charge is -2.22. The molecule has 0 bridgehead atoms. The molecule has 1 aromatic rings. The van der Waals surface area contributed by atoms with Crippen LogP contribution >= 0.6 is 11.6 Å². The van der Waals surface area contributed by atoms with E-state index in [1.165, 1.54) is 0 Å². The fourth-order valence-corrected chi connectivity index (χ4v) is 2.40. The highest BCUT2D eigenvalue weighted by Crippen LogP contribution is 2.33. The van der Waals surface area contributed by atoms with Crippen LogP contribution in [-0.4, -0.2) is 19.8 Å². The molecule has 3 nitrogen and oxygen atoms in total. The Kier molecular flexibility index (Phi) is 4.27. The van der Waals surface area contributed by atoms with Crippen LogP contribution in [0.15, 0.2) is 16.7 Å². The van der Waals surface area contributed by atoms with Gasteiger partial charge in [-0.3, -0.25) is 0 Å². The summed E-state index contributed by atoms with van der Waals surface area (Å²) in [5, 5.41) is 4.03. The molecule has 1 fully saturated rings. The third-order valence-corrected chi connectivity index (χ3v) is 3.34. The van der Waals surface area contributed by atoms with Gasteiger partial charge in [0.2, 0.25) is 0 Å². The van der Waals surface area contributed by atoms with Crippen LogP contribution in [0.1, 0.15) is 31.4 Å². The van der Waals surface area contributed by atoms with Gasteiger partial charge in [-0.25, -0.2) is 0 Å². The molecule has 2 unspecified atom stereocenters. The quantitative estimate of drug-likeness (QED) is 0.863. The molecule has 2 rings (SSSR count). The van der Waals surface area contributed by atoms with E-state index in [9.17, 15) is 0 Å². The van der Waals surface area contributed by atoms with Gasteiger partial charge in [0.05, 0.1) is 12.9 Å². The maximum Gasteiger partial charge on any atom is 0.197 e. The molecule has 4 heteroatoms. The number of ether oxygens (including phenoxy) is 1. The van der Waals surface area contributed by atoms with E-state index in [2.05, 4.69) is 12.2 Å². The van der Waals surface area contributed by atoms with Gasteiger partial charge in [0, 0.05) is 24.1 Å². The lowest BCUT2D eigenvalue weighted by molar-refractivity contribution is 0.176. The molecule has 0 aliphatic carbocycles. The van der Waals surface area contributed by atoms with Crippen molar-refractivity contribution < 1.29 is 9.15 Å². The number of hydrogen-bond donors (Lipinski definition) is 1. The molecule has 16 heavy (non-hydrogen) atoms. The van der Waals surface area contributed by atoms with Gasteiger partial charge in [0.15, 0.2) is 5.22 Å². The van der Waals surface area contributed by atoms with E-state index in [0.29, 0.717) is 11.1 Å². The number of furan rings is 1. The van der Waals surface area contributed by atoms with Gasteiger partial charge in [-0.15, -0.1) is 0 Å². The van der Waals surface area contributed by atoms with E-state index >= 15 is 0 Å². The Balaban J connectivity index is 2.10. The topological polar surface area (TPSA) is 34.4 Å². The Morgan fingerprint density at radius 3 is 3.06 bits per heavy atom. The molecule has 0 aromatic carbocycles. The Morgan fingerprint density at radius 2 is 2.50 bits per heavy atom. The number of rotatable bonds is 5. The Labute approximate surface area is 101 Å². The molecule has 1 aliphatic rings. The first kappa shape index (κ1) is 12.0. The Hall–Kier alpha value is -0.510. The Bertz CT molecular complexity index is 321. The molecular weight excluding hydrogens is 226 g/mol. The SMILES string of the molecule is CCCNC(c1ccoc1Cl)C1CCOC1. The lowest BCUT2D eigenvalue weighted by Crippen LogP contribution is -2.29. The predicted octanol–water partition coefficient (Wildman–Crippen LogP) is 3.01. The van der Waals surface area contributed by atoms with E-state index in [4.69, 9.17) is 20.8 Å². The minimum Gasteiger partial charge on any atom is -0.453 e. The first-order valence-electron chi connectivity index (χ1n) is 5.87. The van der Waals surface area contributed by atoms with Crippen LogP contribution in [0.4, 0.5) is 0 Å². The number of halogens is 1. The molecular formula is C12H18ClNO2. The van der Waals surface area contributed by atoms with Crippen molar-refractivity contribution >= 4 is 11.6 Å². The molecule has 2 heterocycles. The van der Waals surface area contributed by atoms with E-state index in [1.807, 2.05) is 6.07 Å². The fourth-order valence-electron chi connectivity index (χ4n) is 2.17. The van der Waals surface area contributed by atoms with Gasteiger partial charge in [0.25, 0.3) is 0 Å². The van der Waals surface area contributed by atoms with Crippen LogP contribution in [0, 0.1) is 5.92 Å². The van der Waals surface area contributed by atoms with Crippen molar-refractivity contribution in [2.24, 2.45) is 5.92 Å². The van der Waals surface area contributed by atoms with Crippen LogP contribution in [0.2, 0.25) is 5.22 Å². The highest BCUT2D eigenvalue weighted by atomic mass is 35.5. The van der Waals surface area contributed by atoms with E-state index in [1.54, 1.807) is 6.26 Å². The second-order valence-electron chi connectivity index (χ2n) is 4.21. The molecule has 0 spiro atoms. The highest BCUT2D eigenvalue weighted by molar-refractivity contribution is 6.29. The minimum absolute atomic E-state index is 0.258. The summed E-state index contributed by atoms with van der Waals surface area (Å²) in [5.74, 6) is 0.502. The average Bonchev–Trinajstić information content (AvgIpc) is 2.91. The molecule has 0 saturated carbocycles. The second-order valence-corrected chi connectivity index (χ2v) is 4.55. The molecule has 1 N–H and O–H groups in total. The van der Waals surface area contributed by atoms with E-state index < -0.39 is 0 Å². The van der Waals surface area contributed by atoms with E-state index in [0.717, 1.165) is 38.2 Å². The maximum atomic E-state index is 6.04. The van der Waals surface area contributed by atoms with Crippen LogP contribution in [0.3, 0.4) is 0 Å². The third-order valence-electron chi connectivity index (χ3n) is 3.03. The predicted molar refractivity (Wildman–Crippen MR) is 63.7 cm³/mol. The first-order valence-corrected chi connectivity index (χ1v) is 6.24. The second kappa shape index (κ2) is 5.71. The van der Waals surface area contributed by atoms with Crippen LogP contribution in [0.5, 0.6) is 0 Å². The normalized spacial score (nSPS) is 22.5. The van der Waals surface area contributed by atoms with Gasteiger partial charge in [0.1, 0.15) is 0 Å². The summed E-state index contributed by atoms with van der Waals surface area (Å²) in [7, 11) is 0. The summed E-state index contributed by atoms with van der Waals surface area (Å²) in [6, 6.07) is 2.21. The molecule has 1 aromatic heterocycles. The molecule has 1 saturated heterocycles. The number of hydrogen-bond acceptors (Lipinski definition) is 3. The van der Waals surface area contributed by atoms with Gasteiger partial charge in [-0.1, -0.05) is 6.92 Å². The standard InChI is InChI=1S/C12H18ClNO2/c1-2-5-14-11(9-3-6-15-8-9)10-4-7-16-12(10)13/h4,7,9,11,14H,2-3,5-6,8H2,1H3. The summed E-state index contributed by atoms with van der Waals surface area (Å²) >= 11 is 6.04. The van der Waals surface area contributed by atoms with Crippen molar-refractivity contribution in [1.82, 2.24) is 5.32 Å². The summed E-state index contributed by atoms with van der Waals surface area (Å²) in [6.07, 6.45) is 3.84. The van der Waals surface area contributed by atoms with Gasteiger partial charge >= 0.3 is 0 Å². The first-order chi connectivity index (χ1) is 7.83. The zero-order chi connectivity index (χ0) is 11.4. The molecule has 1 aliphatic heterocycles. The Morgan fingerprint density at radius 1 is 1.62 bits per heavy atom. The largest absolute Gasteiger partial charge is 0.453 e. The fraction of sp³-hybridized carbons (Fsp3) is 0.667. The van der Waals surface area contributed by atoms with Crippen LogP contribution in [0.25, 0.3) is 0 Å². The molecule has 0 amide bonds. The molecule has 2 atom stereocenters. The average molecular weight is 244 g/mol. The summed E-state index contributed by atoms with van der Waals surface area (Å²) in [6.45, 7) is 4.81. The summed E-state index contributed by atoms with van der Waals surface area (Å²) in [4.78, 5) is 0. The van der Waals surface area contributed by atoms with Crippen molar-refractivity contribution in [3.8, 4) is 0 Å². The third kappa shape index (κ3) is 2.59. The smallest absolute Gasteiger partial charge is 0.197 e. The summed E-state index contributed by atoms with van der Waals surface area (Å²) in [5.41, 5.74) is 1.06. The molecule has 0 radical (unpaired) electrons. The zero-order valence-electron chi connectivity index (χ0n) is 9.54. The monoisotopic (exact) mass is 243 g/mol. The minimum atomic E-state index is 0.258. The lowest BCUT2D eigenvalue weighted by atomic mass is 9.94. The zero-order valence-corrected chi connectivity index (χ0v) is 10.3.